The predicted molar refractivity (Wildman–Crippen MR) is 87.2 cm³/mol. The number of rotatable bonds is 5. The fourth-order valence-electron chi connectivity index (χ4n) is 2.31. The molecule has 1 atom stereocenters. The number of thiazole rings is 1. The van der Waals surface area contributed by atoms with Gasteiger partial charge in [0.25, 0.3) is 0 Å². The summed E-state index contributed by atoms with van der Waals surface area (Å²) in [6.07, 6.45) is -0.419. The van der Waals surface area contributed by atoms with Gasteiger partial charge in [0.15, 0.2) is 5.13 Å². The lowest BCUT2D eigenvalue weighted by Crippen LogP contribution is -2.49. The van der Waals surface area contributed by atoms with Gasteiger partial charge < -0.3 is 14.7 Å². The molecular weight excluding hydrogens is 286 g/mol. The van der Waals surface area contributed by atoms with Crippen LogP contribution in [-0.4, -0.2) is 66.0 Å². The quantitative estimate of drug-likeness (QED) is 0.897. The second kappa shape index (κ2) is 7.05. The SMILES string of the molecule is Cc1csc(N2CCN(CC(O)COC(C)(C)C)CC2)n1. The van der Waals surface area contributed by atoms with Crippen molar-refractivity contribution < 1.29 is 9.84 Å². The average molecular weight is 313 g/mol. The molecular formula is C15H27N3O2S. The van der Waals surface area contributed by atoms with Crippen molar-refractivity contribution >= 4 is 16.5 Å². The van der Waals surface area contributed by atoms with E-state index < -0.39 is 6.10 Å². The van der Waals surface area contributed by atoms with E-state index in [-0.39, 0.29) is 5.60 Å². The Kier molecular flexibility index (Phi) is 5.60. The van der Waals surface area contributed by atoms with Gasteiger partial charge in [-0.05, 0) is 27.7 Å². The zero-order valence-electron chi connectivity index (χ0n) is 13.5. The number of hydrogen-bond acceptors (Lipinski definition) is 6. The third-order valence-corrected chi connectivity index (χ3v) is 4.45. The van der Waals surface area contributed by atoms with E-state index >= 15 is 0 Å². The molecule has 120 valence electrons. The molecule has 0 spiro atoms. The molecule has 0 radical (unpaired) electrons. The van der Waals surface area contributed by atoms with Gasteiger partial charge in [-0.3, -0.25) is 4.90 Å². The molecule has 1 aliphatic rings. The van der Waals surface area contributed by atoms with Crippen LogP contribution in [0.15, 0.2) is 5.38 Å². The zero-order chi connectivity index (χ0) is 15.5. The summed E-state index contributed by atoms with van der Waals surface area (Å²) in [5.41, 5.74) is 0.898. The minimum atomic E-state index is -0.419. The van der Waals surface area contributed by atoms with E-state index in [4.69, 9.17) is 4.74 Å². The molecule has 0 aromatic carbocycles. The van der Waals surface area contributed by atoms with E-state index in [1.807, 2.05) is 27.7 Å². The fourth-order valence-corrected chi connectivity index (χ4v) is 3.16. The molecule has 0 bridgehead atoms. The highest BCUT2D eigenvalue weighted by Gasteiger charge is 2.22. The Hall–Kier alpha value is -0.690. The maximum atomic E-state index is 10.1. The van der Waals surface area contributed by atoms with Gasteiger partial charge in [-0.15, -0.1) is 11.3 Å². The van der Waals surface area contributed by atoms with Crippen LogP contribution in [0.4, 0.5) is 5.13 Å². The Balaban J connectivity index is 1.71. The highest BCUT2D eigenvalue weighted by Crippen LogP contribution is 2.21. The van der Waals surface area contributed by atoms with Crippen molar-refractivity contribution in [3.05, 3.63) is 11.1 Å². The van der Waals surface area contributed by atoms with Crippen LogP contribution in [0.25, 0.3) is 0 Å². The van der Waals surface area contributed by atoms with Crippen molar-refractivity contribution in [3.8, 4) is 0 Å². The standard InChI is InChI=1S/C15H27N3O2S/c1-12-11-21-14(16-12)18-7-5-17(6-8-18)9-13(19)10-20-15(2,3)4/h11,13,19H,5-10H2,1-4H3. The average Bonchev–Trinajstić information content (AvgIpc) is 2.83. The van der Waals surface area contributed by atoms with Crippen LogP contribution in [0.3, 0.4) is 0 Å². The molecule has 1 aliphatic heterocycles. The molecule has 0 saturated carbocycles. The van der Waals surface area contributed by atoms with E-state index in [1.165, 1.54) is 0 Å². The minimum Gasteiger partial charge on any atom is -0.389 e. The van der Waals surface area contributed by atoms with Gasteiger partial charge >= 0.3 is 0 Å². The number of nitrogens with zero attached hydrogens (tertiary/aromatic N) is 3. The van der Waals surface area contributed by atoms with Crippen LogP contribution in [0.2, 0.25) is 0 Å². The third kappa shape index (κ3) is 5.54. The number of hydrogen-bond donors (Lipinski definition) is 1. The third-order valence-electron chi connectivity index (χ3n) is 3.43. The summed E-state index contributed by atoms with van der Waals surface area (Å²) in [4.78, 5) is 9.16. The maximum Gasteiger partial charge on any atom is 0.185 e. The minimum absolute atomic E-state index is 0.192. The molecule has 0 aliphatic carbocycles. The Labute approximate surface area is 131 Å². The van der Waals surface area contributed by atoms with Gasteiger partial charge in [0, 0.05) is 38.1 Å². The van der Waals surface area contributed by atoms with Crippen molar-refractivity contribution in [2.24, 2.45) is 0 Å². The summed E-state index contributed by atoms with van der Waals surface area (Å²) in [5, 5.41) is 13.3. The van der Waals surface area contributed by atoms with Crippen molar-refractivity contribution in [1.82, 2.24) is 9.88 Å². The molecule has 1 saturated heterocycles. The Morgan fingerprint density at radius 2 is 2.00 bits per heavy atom. The number of ether oxygens (including phenoxy) is 1. The molecule has 2 heterocycles. The van der Waals surface area contributed by atoms with Gasteiger partial charge in [-0.25, -0.2) is 4.98 Å². The summed E-state index contributed by atoms with van der Waals surface area (Å²) in [6, 6.07) is 0. The number of aliphatic hydroxyl groups excluding tert-OH is 1. The van der Waals surface area contributed by atoms with Crippen LogP contribution in [-0.2, 0) is 4.74 Å². The van der Waals surface area contributed by atoms with Gasteiger partial charge in [-0.1, -0.05) is 0 Å². The molecule has 1 aromatic rings. The van der Waals surface area contributed by atoms with Crippen LogP contribution in [0, 0.1) is 6.92 Å². The fraction of sp³-hybridized carbons (Fsp3) is 0.800. The van der Waals surface area contributed by atoms with Crippen LogP contribution >= 0.6 is 11.3 Å². The normalized spacial score (nSPS) is 19.0. The highest BCUT2D eigenvalue weighted by atomic mass is 32.1. The first-order valence-electron chi connectivity index (χ1n) is 7.55. The van der Waals surface area contributed by atoms with Gasteiger partial charge in [-0.2, -0.15) is 0 Å². The van der Waals surface area contributed by atoms with Gasteiger partial charge in [0.2, 0.25) is 0 Å². The van der Waals surface area contributed by atoms with E-state index in [1.54, 1.807) is 11.3 Å². The summed E-state index contributed by atoms with van der Waals surface area (Å²) in [5.74, 6) is 0. The molecule has 1 fully saturated rings. The topological polar surface area (TPSA) is 48.8 Å². The zero-order valence-corrected chi connectivity index (χ0v) is 14.3. The first kappa shape index (κ1) is 16.7. The summed E-state index contributed by atoms with van der Waals surface area (Å²) < 4.78 is 5.63. The van der Waals surface area contributed by atoms with Crippen molar-refractivity contribution in [2.75, 3.05) is 44.2 Å². The van der Waals surface area contributed by atoms with Crippen LogP contribution in [0.5, 0.6) is 0 Å². The first-order valence-corrected chi connectivity index (χ1v) is 8.43. The molecule has 5 nitrogen and oxygen atoms in total. The lowest BCUT2D eigenvalue weighted by molar-refractivity contribution is -0.0563. The first-order chi connectivity index (χ1) is 9.83. The number of β-amino-alcohol motifs (C(OH)–C–C–N with tert-alkyl or cyclic N) is 1. The second-order valence-electron chi connectivity index (χ2n) is 6.64. The Bertz CT molecular complexity index is 436. The van der Waals surface area contributed by atoms with E-state index in [0.717, 1.165) is 37.0 Å². The van der Waals surface area contributed by atoms with E-state index in [2.05, 4.69) is 20.2 Å². The number of aliphatic hydroxyl groups is 1. The molecule has 1 N–H and O–H groups in total. The van der Waals surface area contributed by atoms with E-state index in [9.17, 15) is 5.11 Å². The van der Waals surface area contributed by atoms with Crippen molar-refractivity contribution in [2.45, 2.75) is 39.4 Å². The lowest BCUT2D eigenvalue weighted by atomic mass is 10.2. The molecule has 1 aromatic heterocycles. The van der Waals surface area contributed by atoms with Crippen LogP contribution in [0.1, 0.15) is 26.5 Å². The lowest BCUT2D eigenvalue weighted by Gasteiger charge is -2.35. The highest BCUT2D eigenvalue weighted by molar-refractivity contribution is 7.13. The van der Waals surface area contributed by atoms with Crippen LogP contribution < -0.4 is 4.90 Å². The smallest absolute Gasteiger partial charge is 0.185 e. The second-order valence-corrected chi connectivity index (χ2v) is 7.47. The molecule has 21 heavy (non-hydrogen) atoms. The molecule has 6 heteroatoms. The van der Waals surface area contributed by atoms with Gasteiger partial charge in [0.05, 0.1) is 24.0 Å². The Morgan fingerprint density at radius 3 is 2.52 bits per heavy atom. The Morgan fingerprint density at radius 1 is 1.33 bits per heavy atom. The largest absolute Gasteiger partial charge is 0.389 e. The molecule has 0 amide bonds. The molecule has 2 rings (SSSR count). The predicted octanol–water partition coefficient (Wildman–Crippen LogP) is 1.75. The number of anilines is 1. The van der Waals surface area contributed by atoms with Gasteiger partial charge in [0.1, 0.15) is 0 Å². The maximum absolute atomic E-state index is 10.1. The summed E-state index contributed by atoms with van der Waals surface area (Å²) in [7, 11) is 0. The number of piperazine rings is 1. The van der Waals surface area contributed by atoms with Crippen molar-refractivity contribution in [3.63, 3.8) is 0 Å². The van der Waals surface area contributed by atoms with E-state index in [0.29, 0.717) is 13.2 Å². The summed E-state index contributed by atoms with van der Waals surface area (Å²) in [6.45, 7) is 13.0. The molecule has 1 unspecified atom stereocenters. The van der Waals surface area contributed by atoms with Crippen molar-refractivity contribution in [1.29, 1.82) is 0 Å². The summed E-state index contributed by atoms with van der Waals surface area (Å²) >= 11 is 1.71. The monoisotopic (exact) mass is 313 g/mol. The number of aryl methyl sites for hydroxylation is 1. The number of aromatic nitrogens is 1.